The fourth-order valence-electron chi connectivity index (χ4n) is 1.32. The van der Waals surface area contributed by atoms with Crippen molar-refractivity contribution in [2.75, 3.05) is 17.8 Å². The van der Waals surface area contributed by atoms with Gasteiger partial charge in [-0.15, -0.1) is 11.8 Å². The van der Waals surface area contributed by atoms with Gasteiger partial charge < -0.3 is 0 Å². The summed E-state index contributed by atoms with van der Waals surface area (Å²) in [5.41, 5.74) is 2.56. The number of sulfone groups is 1. The number of hydrogen-bond acceptors (Lipinski definition) is 5. The summed E-state index contributed by atoms with van der Waals surface area (Å²) in [6.45, 7) is 0. The number of benzene rings is 1. The molecule has 0 aliphatic carbocycles. The van der Waals surface area contributed by atoms with Crippen LogP contribution in [0, 0.1) is 5.82 Å². The summed E-state index contributed by atoms with van der Waals surface area (Å²) < 4.78 is 35.4. The number of rotatable bonds is 7. The first-order chi connectivity index (χ1) is 8.42. The van der Waals surface area contributed by atoms with E-state index in [0.29, 0.717) is 17.1 Å². The lowest BCUT2D eigenvalue weighted by Gasteiger charge is -2.14. The minimum atomic E-state index is -3.00. The molecule has 0 saturated carbocycles. The average molecular weight is 292 g/mol. The molecule has 0 fully saturated rings. The van der Waals surface area contributed by atoms with Gasteiger partial charge in [-0.1, -0.05) is 12.1 Å². The van der Waals surface area contributed by atoms with Gasteiger partial charge in [-0.3, -0.25) is 11.3 Å². The van der Waals surface area contributed by atoms with Crippen molar-refractivity contribution in [3.05, 3.63) is 30.1 Å². The van der Waals surface area contributed by atoms with Gasteiger partial charge in [-0.05, 0) is 18.6 Å². The Hall–Kier alpha value is -0.630. The van der Waals surface area contributed by atoms with Crippen LogP contribution in [0.3, 0.4) is 0 Å². The van der Waals surface area contributed by atoms with Gasteiger partial charge in [-0.25, -0.2) is 12.8 Å². The lowest BCUT2D eigenvalue weighted by atomic mass is 10.3. The molecule has 102 valence electrons. The van der Waals surface area contributed by atoms with Gasteiger partial charge in [0.1, 0.15) is 15.7 Å². The van der Waals surface area contributed by atoms with E-state index in [9.17, 15) is 12.8 Å². The van der Waals surface area contributed by atoms with E-state index in [1.165, 1.54) is 24.1 Å². The van der Waals surface area contributed by atoms with Crippen LogP contribution < -0.4 is 11.3 Å². The van der Waals surface area contributed by atoms with Crippen LogP contribution in [0.2, 0.25) is 0 Å². The van der Waals surface area contributed by atoms with Crippen molar-refractivity contribution in [1.82, 2.24) is 5.43 Å². The van der Waals surface area contributed by atoms with Crippen LogP contribution in [0.4, 0.5) is 4.39 Å². The summed E-state index contributed by atoms with van der Waals surface area (Å²) in [7, 11) is -3.00. The molecule has 0 aliphatic rings. The fraction of sp³-hybridized carbons (Fsp3) is 0.455. The highest BCUT2D eigenvalue weighted by Gasteiger charge is 2.12. The van der Waals surface area contributed by atoms with Gasteiger partial charge in [0.2, 0.25) is 0 Å². The number of hydrogen-bond donors (Lipinski definition) is 2. The highest BCUT2D eigenvalue weighted by molar-refractivity contribution is 7.99. The summed E-state index contributed by atoms with van der Waals surface area (Å²) >= 11 is 1.32. The summed E-state index contributed by atoms with van der Waals surface area (Å²) in [5.74, 6) is 5.67. The average Bonchev–Trinajstić information content (AvgIpc) is 2.30. The van der Waals surface area contributed by atoms with Crippen LogP contribution in [0.25, 0.3) is 0 Å². The molecule has 1 unspecified atom stereocenters. The number of hydrazine groups is 1. The Morgan fingerprint density at radius 1 is 1.44 bits per heavy atom. The first-order valence-electron chi connectivity index (χ1n) is 5.43. The van der Waals surface area contributed by atoms with Crippen LogP contribution in [0.5, 0.6) is 0 Å². The summed E-state index contributed by atoms with van der Waals surface area (Å²) in [4.78, 5) is 0.539. The van der Waals surface area contributed by atoms with Crippen molar-refractivity contribution >= 4 is 21.6 Å². The quantitative estimate of drug-likeness (QED) is 0.448. The van der Waals surface area contributed by atoms with Gasteiger partial charge >= 0.3 is 0 Å². The van der Waals surface area contributed by atoms with E-state index in [1.54, 1.807) is 18.2 Å². The molecule has 1 rings (SSSR count). The van der Waals surface area contributed by atoms with Crippen LogP contribution in [0.1, 0.15) is 6.42 Å². The van der Waals surface area contributed by atoms with Gasteiger partial charge in [0.25, 0.3) is 0 Å². The SMILES string of the molecule is CS(=O)(=O)CCC(CSc1ccccc1F)NN. The van der Waals surface area contributed by atoms with Crippen LogP contribution in [-0.2, 0) is 9.84 Å². The molecule has 0 aliphatic heterocycles. The lowest BCUT2D eigenvalue weighted by molar-refractivity contribution is 0.549. The maximum Gasteiger partial charge on any atom is 0.147 e. The standard InChI is InChI=1S/C11H17FN2O2S2/c1-18(15,16)7-6-9(14-13)8-17-11-5-3-2-4-10(11)12/h2-5,9,14H,6-8,13H2,1H3. The number of thioether (sulfide) groups is 1. The summed E-state index contributed by atoms with van der Waals surface area (Å²) in [6.07, 6.45) is 1.60. The van der Waals surface area contributed by atoms with E-state index in [2.05, 4.69) is 5.43 Å². The molecule has 4 nitrogen and oxygen atoms in total. The molecule has 0 radical (unpaired) electrons. The van der Waals surface area contributed by atoms with E-state index in [0.717, 1.165) is 0 Å². The Bertz CT molecular complexity index is 480. The predicted molar refractivity (Wildman–Crippen MR) is 72.6 cm³/mol. The second-order valence-corrected chi connectivity index (χ2v) is 7.35. The molecule has 18 heavy (non-hydrogen) atoms. The van der Waals surface area contributed by atoms with Crippen molar-refractivity contribution in [3.63, 3.8) is 0 Å². The zero-order chi connectivity index (χ0) is 13.6. The molecule has 0 heterocycles. The summed E-state index contributed by atoms with van der Waals surface area (Å²) in [6, 6.07) is 6.30. The molecule has 7 heteroatoms. The molecule has 0 bridgehead atoms. The van der Waals surface area contributed by atoms with Crippen LogP contribution >= 0.6 is 11.8 Å². The number of nitrogens with two attached hydrogens (primary N) is 1. The first kappa shape index (κ1) is 15.4. The maximum absolute atomic E-state index is 13.4. The maximum atomic E-state index is 13.4. The topological polar surface area (TPSA) is 72.2 Å². The third-order valence-corrected chi connectivity index (χ3v) is 4.54. The Morgan fingerprint density at radius 2 is 2.11 bits per heavy atom. The van der Waals surface area contributed by atoms with Gasteiger partial charge in [0, 0.05) is 22.9 Å². The molecule has 0 spiro atoms. The fourth-order valence-corrected chi connectivity index (χ4v) is 3.06. The van der Waals surface area contributed by atoms with E-state index in [-0.39, 0.29) is 17.6 Å². The second kappa shape index (κ2) is 7.08. The monoisotopic (exact) mass is 292 g/mol. The lowest BCUT2D eigenvalue weighted by Crippen LogP contribution is -2.38. The molecule has 0 aromatic heterocycles. The Labute approximate surface area is 111 Å². The zero-order valence-corrected chi connectivity index (χ0v) is 11.7. The van der Waals surface area contributed by atoms with Crippen molar-refractivity contribution in [3.8, 4) is 0 Å². The third-order valence-electron chi connectivity index (χ3n) is 2.35. The molecule has 0 amide bonds. The largest absolute Gasteiger partial charge is 0.271 e. The van der Waals surface area contributed by atoms with Crippen LogP contribution in [0.15, 0.2) is 29.2 Å². The molecular weight excluding hydrogens is 275 g/mol. The van der Waals surface area contributed by atoms with Crippen LogP contribution in [-0.4, -0.2) is 32.2 Å². The highest BCUT2D eigenvalue weighted by atomic mass is 32.2. The third kappa shape index (κ3) is 5.81. The Balaban J connectivity index is 2.47. The molecule has 1 aromatic rings. The first-order valence-corrected chi connectivity index (χ1v) is 8.48. The number of nitrogens with one attached hydrogen (secondary N) is 1. The molecule has 0 saturated heterocycles. The van der Waals surface area contributed by atoms with Gasteiger partial charge in [0.15, 0.2) is 0 Å². The predicted octanol–water partition coefficient (Wildman–Crippen LogP) is 1.18. The van der Waals surface area contributed by atoms with Crippen molar-refractivity contribution in [2.24, 2.45) is 5.84 Å². The van der Waals surface area contributed by atoms with Crippen molar-refractivity contribution in [2.45, 2.75) is 17.4 Å². The minimum Gasteiger partial charge on any atom is -0.271 e. The molecule has 3 N–H and O–H groups in total. The highest BCUT2D eigenvalue weighted by Crippen LogP contribution is 2.22. The Morgan fingerprint density at radius 3 is 2.67 bits per heavy atom. The van der Waals surface area contributed by atoms with E-state index in [4.69, 9.17) is 5.84 Å². The number of halogens is 1. The smallest absolute Gasteiger partial charge is 0.147 e. The molecular formula is C11H17FN2O2S2. The van der Waals surface area contributed by atoms with Gasteiger partial charge in [0.05, 0.1) is 5.75 Å². The minimum absolute atomic E-state index is 0.0691. The summed E-state index contributed by atoms with van der Waals surface area (Å²) in [5, 5.41) is 0. The van der Waals surface area contributed by atoms with Gasteiger partial charge in [-0.2, -0.15) is 0 Å². The normalized spacial score (nSPS) is 13.5. The molecule has 1 atom stereocenters. The molecule has 1 aromatic carbocycles. The van der Waals surface area contributed by atoms with Crippen molar-refractivity contribution < 1.29 is 12.8 Å². The second-order valence-electron chi connectivity index (χ2n) is 4.02. The van der Waals surface area contributed by atoms with E-state index >= 15 is 0 Å². The van der Waals surface area contributed by atoms with E-state index in [1.807, 2.05) is 0 Å². The van der Waals surface area contributed by atoms with Crippen molar-refractivity contribution in [1.29, 1.82) is 0 Å². The zero-order valence-electron chi connectivity index (χ0n) is 10.1. The Kier molecular flexibility index (Phi) is 6.07. The van der Waals surface area contributed by atoms with E-state index < -0.39 is 9.84 Å².